The highest BCUT2D eigenvalue weighted by Gasteiger charge is 2.20. The smallest absolute Gasteiger partial charge is 0.133 e. The van der Waals surface area contributed by atoms with Gasteiger partial charge >= 0.3 is 0 Å². The standard InChI is InChI=1S/C13H19ClN2O/c14-13-11(5-4-7-15-13)9-16-8-3-1-2-6-12(16)10-17/h4-5,7,12,17H,1-3,6,8-10H2. The minimum atomic E-state index is 0.234. The molecule has 2 rings (SSSR count). The molecule has 0 radical (unpaired) electrons. The molecule has 0 bridgehead atoms. The maximum absolute atomic E-state index is 9.44. The summed E-state index contributed by atoms with van der Waals surface area (Å²) in [7, 11) is 0. The molecular formula is C13H19ClN2O. The Kier molecular flexibility index (Phi) is 4.77. The van der Waals surface area contributed by atoms with Crippen LogP contribution < -0.4 is 0 Å². The topological polar surface area (TPSA) is 36.4 Å². The number of hydrogen-bond donors (Lipinski definition) is 1. The normalized spacial score (nSPS) is 22.4. The van der Waals surface area contributed by atoms with Crippen molar-refractivity contribution in [3.8, 4) is 0 Å². The highest BCUT2D eigenvalue weighted by molar-refractivity contribution is 6.30. The molecule has 1 aliphatic heterocycles. The van der Waals surface area contributed by atoms with E-state index in [4.69, 9.17) is 11.6 Å². The summed E-state index contributed by atoms with van der Waals surface area (Å²) >= 11 is 6.07. The number of aliphatic hydroxyl groups is 1. The second-order valence-corrected chi connectivity index (χ2v) is 4.97. The summed E-state index contributed by atoms with van der Waals surface area (Å²) in [5, 5.41) is 10.0. The summed E-state index contributed by atoms with van der Waals surface area (Å²) in [5.74, 6) is 0. The van der Waals surface area contributed by atoms with Crippen LogP contribution in [0.2, 0.25) is 5.15 Å². The van der Waals surface area contributed by atoms with Crippen LogP contribution in [0.5, 0.6) is 0 Å². The number of halogens is 1. The summed E-state index contributed by atoms with van der Waals surface area (Å²) in [6.45, 7) is 2.06. The SMILES string of the molecule is OCC1CCCCCN1Cc1cccnc1Cl. The molecule has 1 fully saturated rings. The minimum absolute atomic E-state index is 0.234. The lowest BCUT2D eigenvalue weighted by Crippen LogP contribution is -2.37. The summed E-state index contributed by atoms with van der Waals surface area (Å²) in [6.07, 6.45) is 6.46. The molecule has 1 unspecified atom stereocenters. The maximum Gasteiger partial charge on any atom is 0.133 e. The van der Waals surface area contributed by atoms with Crippen LogP contribution in [0.15, 0.2) is 18.3 Å². The molecule has 0 aliphatic carbocycles. The first-order chi connectivity index (χ1) is 8.31. The Morgan fingerprint density at radius 2 is 2.29 bits per heavy atom. The zero-order chi connectivity index (χ0) is 12.1. The van der Waals surface area contributed by atoms with Crippen LogP contribution in [0.25, 0.3) is 0 Å². The fourth-order valence-electron chi connectivity index (χ4n) is 2.41. The van der Waals surface area contributed by atoms with E-state index in [1.807, 2.05) is 12.1 Å². The quantitative estimate of drug-likeness (QED) is 0.842. The zero-order valence-electron chi connectivity index (χ0n) is 9.98. The van der Waals surface area contributed by atoms with Crippen molar-refractivity contribution in [1.82, 2.24) is 9.88 Å². The zero-order valence-corrected chi connectivity index (χ0v) is 10.7. The Hall–Kier alpha value is -0.640. The lowest BCUT2D eigenvalue weighted by atomic mass is 10.1. The van der Waals surface area contributed by atoms with Gasteiger partial charge in [0.15, 0.2) is 0 Å². The van der Waals surface area contributed by atoms with Crippen LogP contribution in [-0.4, -0.2) is 34.2 Å². The second kappa shape index (κ2) is 6.34. The van der Waals surface area contributed by atoms with Gasteiger partial charge in [-0.3, -0.25) is 4.90 Å². The lowest BCUT2D eigenvalue weighted by Gasteiger charge is -2.28. The van der Waals surface area contributed by atoms with Crippen molar-refractivity contribution in [2.45, 2.75) is 38.3 Å². The Balaban J connectivity index is 2.07. The van der Waals surface area contributed by atoms with Crippen molar-refractivity contribution in [3.05, 3.63) is 29.0 Å². The van der Waals surface area contributed by atoms with Gasteiger partial charge in [0.05, 0.1) is 6.61 Å². The van der Waals surface area contributed by atoms with E-state index < -0.39 is 0 Å². The first kappa shape index (κ1) is 12.8. The molecule has 1 aliphatic rings. The number of aromatic nitrogens is 1. The predicted molar refractivity (Wildman–Crippen MR) is 69.0 cm³/mol. The van der Waals surface area contributed by atoms with Crippen LogP contribution in [0, 0.1) is 0 Å². The largest absolute Gasteiger partial charge is 0.395 e. The monoisotopic (exact) mass is 254 g/mol. The molecule has 1 aromatic heterocycles. The first-order valence-corrected chi connectivity index (χ1v) is 6.63. The van der Waals surface area contributed by atoms with Gasteiger partial charge in [-0.15, -0.1) is 0 Å². The summed E-state index contributed by atoms with van der Waals surface area (Å²) in [6, 6.07) is 4.19. The fourth-order valence-corrected chi connectivity index (χ4v) is 2.59. The van der Waals surface area contributed by atoms with Gasteiger partial charge in [0.2, 0.25) is 0 Å². The van der Waals surface area contributed by atoms with Crippen molar-refractivity contribution in [3.63, 3.8) is 0 Å². The van der Waals surface area contributed by atoms with Gasteiger partial charge < -0.3 is 5.11 Å². The highest BCUT2D eigenvalue weighted by atomic mass is 35.5. The molecule has 1 saturated heterocycles. The van der Waals surface area contributed by atoms with Crippen LogP contribution in [0.1, 0.15) is 31.2 Å². The molecule has 0 saturated carbocycles. The van der Waals surface area contributed by atoms with Gasteiger partial charge in [-0.25, -0.2) is 4.98 Å². The maximum atomic E-state index is 9.44. The van der Waals surface area contributed by atoms with Gasteiger partial charge in [0.1, 0.15) is 5.15 Å². The number of rotatable bonds is 3. The first-order valence-electron chi connectivity index (χ1n) is 6.25. The van der Waals surface area contributed by atoms with E-state index in [2.05, 4.69) is 9.88 Å². The Labute approximate surface area is 107 Å². The van der Waals surface area contributed by atoms with Crippen molar-refractivity contribution < 1.29 is 5.11 Å². The van der Waals surface area contributed by atoms with E-state index in [0.717, 1.165) is 25.1 Å². The van der Waals surface area contributed by atoms with Crippen molar-refractivity contribution >= 4 is 11.6 Å². The van der Waals surface area contributed by atoms with E-state index in [1.54, 1.807) is 6.20 Å². The Morgan fingerprint density at radius 3 is 3.06 bits per heavy atom. The molecule has 0 amide bonds. The van der Waals surface area contributed by atoms with E-state index in [9.17, 15) is 5.11 Å². The minimum Gasteiger partial charge on any atom is -0.395 e. The molecule has 1 aromatic rings. The van der Waals surface area contributed by atoms with Crippen LogP contribution in [-0.2, 0) is 6.54 Å². The number of likely N-dealkylation sites (tertiary alicyclic amines) is 1. The Morgan fingerprint density at radius 1 is 1.41 bits per heavy atom. The molecule has 3 nitrogen and oxygen atoms in total. The lowest BCUT2D eigenvalue weighted by molar-refractivity contribution is 0.118. The molecule has 1 atom stereocenters. The van der Waals surface area contributed by atoms with E-state index in [-0.39, 0.29) is 12.6 Å². The second-order valence-electron chi connectivity index (χ2n) is 4.61. The fraction of sp³-hybridized carbons (Fsp3) is 0.615. The molecular weight excluding hydrogens is 236 g/mol. The molecule has 17 heavy (non-hydrogen) atoms. The van der Waals surface area contributed by atoms with Gasteiger partial charge in [0, 0.05) is 24.3 Å². The van der Waals surface area contributed by atoms with Crippen LogP contribution in [0.3, 0.4) is 0 Å². The number of aliphatic hydroxyl groups excluding tert-OH is 1. The third kappa shape index (κ3) is 3.41. The van der Waals surface area contributed by atoms with Gasteiger partial charge in [0.25, 0.3) is 0 Å². The number of hydrogen-bond acceptors (Lipinski definition) is 3. The van der Waals surface area contributed by atoms with Crippen LogP contribution >= 0.6 is 11.6 Å². The third-order valence-corrected chi connectivity index (χ3v) is 3.76. The van der Waals surface area contributed by atoms with Gasteiger partial charge in [-0.1, -0.05) is 30.5 Å². The Bertz CT molecular complexity index is 359. The van der Waals surface area contributed by atoms with Gasteiger partial charge in [-0.05, 0) is 25.5 Å². The number of pyridine rings is 1. The van der Waals surface area contributed by atoms with Crippen LogP contribution in [0.4, 0.5) is 0 Å². The molecule has 94 valence electrons. The van der Waals surface area contributed by atoms with Gasteiger partial charge in [-0.2, -0.15) is 0 Å². The molecule has 4 heteroatoms. The van der Waals surface area contributed by atoms with E-state index in [1.165, 1.54) is 19.3 Å². The van der Waals surface area contributed by atoms with Crippen molar-refractivity contribution in [2.24, 2.45) is 0 Å². The molecule has 1 N–H and O–H groups in total. The number of nitrogens with zero attached hydrogens (tertiary/aromatic N) is 2. The summed E-state index contributed by atoms with van der Waals surface area (Å²) in [5.41, 5.74) is 1.05. The predicted octanol–water partition coefficient (Wildman–Crippen LogP) is 2.47. The van der Waals surface area contributed by atoms with E-state index in [0.29, 0.717) is 5.15 Å². The third-order valence-electron chi connectivity index (χ3n) is 3.42. The summed E-state index contributed by atoms with van der Waals surface area (Å²) < 4.78 is 0. The average molecular weight is 255 g/mol. The molecule has 2 heterocycles. The van der Waals surface area contributed by atoms with E-state index >= 15 is 0 Å². The molecule has 0 aromatic carbocycles. The average Bonchev–Trinajstić information content (AvgIpc) is 2.57. The van der Waals surface area contributed by atoms with Crippen molar-refractivity contribution in [1.29, 1.82) is 0 Å². The molecule has 0 spiro atoms. The summed E-state index contributed by atoms with van der Waals surface area (Å²) in [4.78, 5) is 6.42. The van der Waals surface area contributed by atoms with Crippen molar-refractivity contribution in [2.75, 3.05) is 13.2 Å². The highest BCUT2D eigenvalue weighted by Crippen LogP contribution is 2.21.